The van der Waals surface area contributed by atoms with Crippen LogP contribution in [-0.4, -0.2) is 16.0 Å². The van der Waals surface area contributed by atoms with Crippen LogP contribution in [0.15, 0.2) is 6.20 Å². The molecule has 12 heavy (non-hydrogen) atoms. The first kappa shape index (κ1) is 6.66. The van der Waals surface area contributed by atoms with E-state index >= 15 is 0 Å². The fraction of sp³-hybridized carbons (Fsp3) is 0.667. The quantitative estimate of drug-likeness (QED) is 0.651. The molecule has 2 aliphatic rings. The van der Waals surface area contributed by atoms with E-state index in [1.807, 2.05) is 13.1 Å². The van der Waals surface area contributed by atoms with E-state index < -0.39 is 0 Å². The third-order valence-corrected chi connectivity index (χ3v) is 2.93. The fourth-order valence-electron chi connectivity index (χ4n) is 2.14. The molecule has 64 valence electrons. The van der Waals surface area contributed by atoms with Crippen molar-refractivity contribution in [1.29, 1.82) is 0 Å². The number of imidazole rings is 1. The molecule has 3 atom stereocenters. The largest absolute Gasteiger partial charge is 0.345 e. The number of fused-ring (bicyclic) bond motifs is 1. The predicted molar refractivity (Wildman–Crippen MR) is 45.7 cm³/mol. The summed E-state index contributed by atoms with van der Waals surface area (Å²) in [7, 11) is 0. The standard InChI is InChI=1S/C9H13N3/c1-5-4-10-9(11-5)8-3-6-2-7(6)12-8/h4,6-8,12H,2-3H2,1H3,(H,10,11). The fourth-order valence-corrected chi connectivity index (χ4v) is 2.14. The van der Waals surface area contributed by atoms with Gasteiger partial charge in [0.25, 0.3) is 0 Å². The topological polar surface area (TPSA) is 40.7 Å². The highest BCUT2D eigenvalue weighted by Crippen LogP contribution is 2.45. The van der Waals surface area contributed by atoms with Crippen molar-refractivity contribution in [2.75, 3.05) is 0 Å². The van der Waals surface area contributed by atoms with Gasteiger partial charge >= 0.3 is 0 Å². The summed E-state index contributed by atoms with van der Waals surface area (Å²) in [4.78, 5) is 7.62. The van der Waals surface area contributed by atoms with Crippen LogP contribution in [0, 0.1) is 12.8 Å². The lowest BCUT2D eigenvalue weighted by Gasteiger charge is -2.08. The number of nitrogens with one attached hydrogen (secondary N) is 2. The summed E-state index contributed by atoms with van der Waals surface area (Å²) in [5, 5.41) is 3.56. The highest BCUT2D eigenvalue weighted by Gasteiger charge is 2.46. The Morgan fingerprint density at radius 3 is 3.00 bits per heavy atom. The molecule has 2 heterocycles. The molecule has 3 heteroatoms. The molecule has 0 bridgehead atoms. The lowest BCUT2D eigenvalue weighted by atomic mass is 10.2. The van der Waals surface area contributed by atoms with E-state index in [9.17, 15) is 0 Å². The van der Waals surface area contributed by atoms with Gasteiger partial charge in [0.1, 0.15) is 5.82 Å². The molecule has 0 aromatic carbocycles. The molecule has 0 spiro atoms. The summed E-state index contributed by atoms with van der Waals surface area (Å²) in [6, 6.07) is 1.31. The van der Waals surface area contributed by atoms with Crippen LogP contribution in [0.1, 0.15) is 30.4 Å². The molecule has 1 aliphatic heterocycles. The maximum absolute atomic E-state index is 4.33. The summed E-state index contributed by atoms with van der Waals surface area (Å²) < 4.78 is 0. The van der Waals surface area contributed by atoms with Gasteiger partial charge in [0, 0.05) is 17.9 Å². The minimum absolute atomic E-state index is 0.502. The predicted octanol–water partition coefficient (Wildman–Crippen LogP) is 1.14. The number of nitrogens with zero attached hydrogens (tertiary/aromatic N) is 1. The minimum atomic E-state index is 0.502. The number of aromatic amines is 1. The maximum Gasteiger partial charge on any atom is 0.123 e. The van der Waals surface area contributed by atoms with Gasteiger partial charge in [-0.3, -0.25) is 0 Å². The molecule has 3 rings (SSSR count). The number of aryl methyl sites for hydroxylation is 1. The van der Waals surface area contributed by atoms with Crippen LogP contribution in [0.3, 0.4) is 0 Å². The first-order valence-corrected chi connectivity index (χ1v) is 4.60. The van der Waals surface area contributed by atoms with Gasteiger partial charge in [0.2, 0.25) is 0 Å². The zero-order valence-corrected chi connectivity index (χ0v) is 7.17. The van der Waals surface area contributed by atoms with Crippen molar-refractivity contribution in [3.63, 3.8) is 0 Å². The van der Waals surface area contributed by atoms with Gasteiger partial charge < -0.3 is 10.3 Å². The molecule has 0 amide bonds. The highest BCUT2D eigenvalue weighted by atomic mass is 15.1. The van der Waals surface area contributed by atoms with E-state index in [1.54, 1.807) is 0 Å². The molecule has 0 radical (unpaired) electrons. The summed E-state index contributed by atoms with van der Waals surface area (Å²) >= 11 is 0. The van der Waals surface area contributed by atoms with E-state index in [1.165, 1.54) is 12.8 Å². The van der Waals surface area contributed by atoms with E-state index in [2.05, 4.69) is 15.3 Å². The number of rotatable bonds is 1. The molecule has 1 aromatic rings. The average molecular weight is 163 g/mol. The van der Waals surface area contributed by atoms with Gasteiger partial charge in [-0.1, -0.05) is 0 Å². The minimum Gasteiger partial charge on any atom is -0.345 e. The van der Waals surface area contributed by atoms with E-state index in [0.29, 0.717) is 6.04 Å². The lowest BCUT2D eigenvalue weighted by Crippen LogP contribution is -2.18. The Labute approximate surface area is 71.6 Å². The zero-order chi connectivity index (χ0) is 8.13. The van der Waals surface area contributed by atoms with Crippen molar-refractivity contribution in [1.82, 2.24) is 15.3 Å². The molecule has 3 unspecified atom stereocenters. The summed E-state index contributed by atoms with van der Waals surface area (Å²) in [5.74, 6) is 2.07. The second-order valence-electron chi connectivity index (χ2n) is 4.01. The van der Waals surface area contributed by atoms with Gasteiger partial charge in [-0.15, -0.1) is 0 Å². The Kier molecular flexibility index (Phi) is 1.17. The molecular formula is C9H13N3. The second-order valence-corrected chi connectivity index (χ2v) is 4.01. The maximum atomic E-state index is 4.33. The van der Waals surface area contributed by atoms with Gasteiger partial charge in [-0.2, -0.15) is 0 Å². The molecule has 2 N–H and O–H groups in total. The van der Waals surface area contributed by atoms with Crippen LogP contribution < -0.4 is 5.32 Å². The number of piperidine rings is 1. The smallest absolute Gasteiger partial charge is 0.123 e. The van der Waals surface area contributed by atoms with E-state index in [4.69, 9.17) is 0 Å². The second kappa shape index (κ2) is 2.10. The Balaban J connectivity index is 1.81. The Morgan fingerprint density at radius 1 is 1.50 bits per heavy atom. The monoisotopic (exact) mass is 163 g/mol. The summed E-state index contributed by atoms with van der Waals surface area (Å²) in [6.07, 6.45) is 4.56. The average Bonchev–Trinajstić information content (AvgIpc) is 2.49. The SMILES string of the molecule is Cc1cnc(C2CC3CC3N2)[nH]1. The highest BCUT2D eigenvalue weighted by molar-refractivity contribution is 5.12. The van der Waals surface area contributed by atoms with Gasteiger partial charge in [-0.05, 0) is 25.7 Å². The third kappa shape index (κ3) is 0.894. The number of H-pyrrole nitrogens is 1. The van der Waals surface area contributed by atoms with Crippen molar-refractivity contribution in [2.24, 2.45) is 5.92 Å². The van der Waals surface area contributed by atoms with Crippen molar-refractivity contribution < 1.29 is 0 Å². The first-order valence-electron chi connectivity index (χ1n) is 4.60. The number of hydrogen-bond acceptors (Lipinski definition) is 2. The number of hydrogen-bond donors (Lipinski definition) is 2. The van der Waals surface area contributed by atoms with Gasteiger partial charge in [0.15, 0.2) is 0 Å². The lowest BCUT2D eigenvalue weighted by molar-refractivity contribution is 0.542. The van der Waals surface area contributed by atoms with Crippen LogP contribution in [0.2, 0.25) is 0 Å². The van der Waals surface area contributed by atoms with Crippen LogP contribution in [-0.2, 0) is 0 Å². The van der Waals surface area contributed by atoms with Crippen molar-refractivity contribution in [3.8, 4) is 0 Å². The molecule has 1 aliphatic carbocycles. The molecular weight excluding hydrogens is 150 g/mol. The first-order chi connectivity index (χ1) is 5.83. The van der Waals surface area contributed by atoms with Crippen LogP contribution >= 0.6 is 0 Å². The third-order valence-electron chi connectivity index (χ3n) is 2.93. The van der Waals surface area contributed by atoms with Crippen molar-refractivity contribution in [3.05, 3.63) is 17.7 Å². The van der Waals surface area contributed by atoms with Crippen LogP contribution in [0.25, 0.3) is 0 Å². The van der Waals surface area contributed by atoms with Crippen LogP contribution in [0.4, 0.5) is 0 Å². The summed E-state index contributed by atoms with van der Waals surface area (Å²) in [5.41, 5.74) is 1.16. The molecule has 1 saturated heterocycles. The van der Waals surface area contributed by atoms with Gasteiger partial charge in [0.05, 0.1) is 6.04 Å². The van der Waals surface area contributed by atoms with Gasteiger partial charge in [-0.25, -0.2) is 4.98 Å². The normalized spacial score (nSPS) is 38.2. The molecule has 2 fully saturated rings. The van der Waals surface area contributed by atoms with E-state index in [-0.39, 0.29) is 0 Å². The Bertz CT molecular complexity index is 294. The van der Waals surface area contributed by atoms with Crippen molar-refractivity contribution in [2.45, 2.75) is 31.8 Å². The Morgan fingerprint density at radius 2 is 2.42 bits per heavy atom. The van der Waals surface area contributed by atoms with Crippen LogP contribution in [0.5, 0.6) is 0 Å². The molecule has 1 saturated carbocycles. The molecule has 3 nitrogen and oxygen atoms in total. The Hall–Kier alpha value is -0.830. The zero-order valence-electron chi connectivity index (χ0n) is 7.17. The van der Waals surface area contributed by atoms with Crippen molar-refractivity contribution >= 4 is 0 Å². The number of aromatic nitrogens is 2. The molecule has 1 aromatic heterocycles. The van der Waals surface area contributed by atoms with E-state index in [0.717, 1.165) is 23.5 Å². The summed E-state index contributed by atoms with van der Waals surface area (Å²) in [6.45, 7) is 2.05.